The number of likely N-dealkylation sites (N-methyl/N-ethyl adjacent to an activating group) is 1. The summed E-state index contributed by atoms with van der Waals surface area (Å²) < 4.78 is 5.75. The van der Waals surface area contributed by atoms with Crippen LogP contribution in [-0.2, 0) is 4.74 Å². The minimum Gasteiger partial charge on any atom is -0.374 e. The van der Waals surface area contributed by atoms with Gasteiger partial charge in [-0.1, -0.05) is 0 Å². The van der Waals surface area contributed by atoms with Crippen LogP contribution in [0.5, 0.6) is 0 Å². The van der Waals surface area contributed by atoms with Gasteiger partial charge >= 0.3 is 0 Å². The van der Waals surface area contributed by atoms with Crippen molar-refractivity contribution >= 4 is 22.9 Å². The summed E-state index contributed by atoms with van der Waals surface area (Å²) in [4.78, 5) is 18.4. The molecule has 1 aliphatic heterocycles. The van der Waals surface area contributed by atoms with E-state index >= 15 is 0 Å². The average molecular weight is 291 g/mol. The Morgan fingerprint density at radius 2 is 2.33 bits per heavy atom. The standard InChI is InChI=1S/C13H21N7O/c1-3-14-13-18-11(10-12(19-13)17-8-16-10)15-6-9-7-20(2)4-5-21-9/h8-9H,3-7H2,1-2H3,(H3,14,15,16,17,18,19). The van der Waals surface area contributed by atoms with Crippen molar-refractivity contribution in [3.63, 3.8) is 0 Å². The molecule has 1 fully saturated rings. The van der Waals surface area contributed by atoms with Crippen LogP contribution >= 0.6 is 0 Å². The fourth-order valence-corrected chi connectivity index (χ4v) is 2.40. The largest absolute Gasteiger partial charge is 0.374 e. The van der Waals surface area contributed by atoms with Gasteiger partial charge in [-0.3, -0.25) is 0 Å². The molecule has 114 valence electrons. The highest BCUT2D eigenvalue weighted by Crippen LogP contribution is 2.18. The van der Waals surface area contributed by atoms with E-state index in [1.807, 2.05) is 6.92 Å². The lowest BCUT2D eigenvalue weighted by Gasteiger charge is -2.30. The number of morpholine rings is 1. The number of nitrogens with zero attached hydrogens (tertiary/aromatic N) is 4. The smallest absolute Gasteiger partial charge is 0.226 e. The molecular weight excluding hydrogens is 270 g/mol. The van der Waals surface area contributed by atoms with Gasteiger partial charge in [0, 0.05) is 26.2 Å². The van der Waals surface area contributed by atoms with Gasteiger partial charge in [0.25, 0.3) is 0 Å². The monoisotopic (exact) mass is 291 g/mol. The number of hydrogen-bond acceptors (Lipinski definition) is 7. The van der Waals surface area contributed by atoms with E-state index in [2.05, 4.69) is 42.5 Å². The van der Waals surface area contributed by atoms with E-state index in [0.29, 0.717) is 18.1 Å². The van der Waals surface area contributed by atoms with Gasteiger partial charge in [-0.05, 0) is 14.0 Å². The molecule has 2 aromatic heterocycles. The summed E-state index contributed by atoms with van der Waals surface area (Å²) in [5, 5.41) is 6.47. The second-order valence-electron chi connectivity index (χ2n) is 5.16. The third kappa shape index (κ3) is 3.22. The first-order valence-electron chi connectivity index (χ1n) is 7.25. The van der Waals surface area contributed by atoms with Crippen LogP contribution in [0.15, 0.2) is 6.33 Å². The maximum Gasteiger partial charge on any atom is 0.226 e. The molecule has 1 unspecified atom stereocenters. The highest BCUT2D eigenvalue weighted by Gasteiger charge is 2.18. The van der Waals surface area contributed by atoms with Crippen LogP contribution in [0.25, 0.3) is 11.2 Å². The van der Waals surface area contributed by atoms with E-state index in [9.17, 15) is 0 Å². The summed E-state index contributed by atoms with van der Waals surface area (Å²) in [5.41, 5.74) is 1.48. The number of fused-ring (bicyclic) bond motifs is 1. The number of hydrogen-bond donors (Lipinski definition) is 3. The normalized spacial score (nSPS) is 19.8. The Morgan fingerprint density at radius 1 is 1.43 bits per heavy atom. The Labute approximate surface area is 123 Å². The van der Waals surface area contributed by atoms with Crippen LogP contribution in [-0.4, -0.2) is 70.8 Å². The summed E-state index contributed by atoms with van der Waals surface area (Å²) in [6.45, 7) is 6.17. The van der Waals surface area contributed by atoms with E-state index in [-0.39, 0.29) is 6.10 Å². The molecule has 1 aliphatic rings. The molecule has 8 nitrogen and oxygen atoms in total. The first-order valence-corrected chi connectivity index (χ1v) is 7.25. The van der Waals surface area contributed by atoms with Gasteiger partial charge in [-0.15, -0.1) is 0 Å². The van der Waals surface area contributed by atoms with E-state index < -0.39 is 0 Å². The summed E-state index contributed by atoms with van der Waals surface area (Å²) >= 11 is 0. The molecule has 3 rings (SSSR count). The van der Waals surface area contributed by atoms with Crippen LogP contribution in [0.2, 0.25) is 0 Å². The molecule has 1 atom stereocenters. The first-order chi connectivity index (χ1) is 10.3. The second-order valence-corrected chi connectivity index (χ2v) is 5.16. The molecule has 0 aliphatic carbocycles. The molecule has 2 aromatic rings. The van der Waals surface area contributed by atoms with Crippen LogP contribution in [0, 0.1) is 0 Å². The number of nitrogens with one attached hydrogen (secondary N) is 3. The van der Waals surface area contributed by atoms with Gasteiger partial charge in [-0.25, -0.2) is 4.98 Å². The SMILES string of the molecule is CCNc1nc(NCC2CN(C)CCO2)c2[nH]cnc2n1. The number of imidazole rings is 1. The van der Waals surface area contributed by atoms with Crippen molar-refractivity contribution in [2.45, 2.75) is 13.0 Å². The summed E-state index contributed by atoms with van der Waals surface area (Å²) in [5.74, 6) is 1.34. The van der Waals surface area contributed by atoms with Crippen LogP contribution in [0.4, 0.5) is 11.8 Å². The summed E-state index contributed by atoms with van der Waals surface area (Å²) in [6.07, 6.45) is 1.80. The van der Waals surface area contributed by atoms with Crippen molar-refractivity contribution in [2.75, 3.05) is 50.5 Å². The summed E-state index contributed by atoms with van der Waals surface area (Å²) in [7, 11) is 2.11. The first kappa shape index (κ1) is 14.0. The molecule has 0 spiro atoms. The highest BCUT2D eigenvalue weighted by atomic mass is 16.5. The van der Waals surface area contributed by atoms with Gasteiger partial charge in [0.1, 0.15) is 5.52 Å². The number of rotatable bonds is 5. The number of aromatic amines is 1. The molecule has 0 radical (unpaired) electrons. The molecule has 0 amide bonds. The molecule has 0 aromatic carbocycles. The Morgan fingerprint density at radius 3 is 3.14 bits per heavy atom. The van der Waals surface area contributed by atoms with Crippen molar-refractivity contribution in [1.29, 1.82) is 0 Å². The van der Waals surface area contributed by atoms with Crippen molar-refractivity contribution in [2.24, 2.45) is 0 Å². The van der Waals surface area contributed by atoms with Crippen molar-refractivity contribution in [3.05, 3.63) is 6.33 Å². The fraction of sp³-hybridized carbons (Fsp3) is 0.615. The van der Waals surface area contributed by atoms with Crippen LogP contribution < -0.4 is 10.6 Å². The predicted octanol–water partition coefficient (Wildman–Crippen LogP) is 0.527. The predicted molar refractivity (Wildman–Crippen MR) is 81.6 cm³/mol. The molecule has 0 saturated carbocycles. The van der Waals surface area contributed by atoms with Crippen LogP contribution in [0.1, 0.15) is 6.92 Å². The zero-order valence-electron chi connectivity index (χ0n) is 12.4. The van der Waals surface area contributed by atoms with Gasteiger partial charge < -0.3 is 25.3 Å². The second kappa shape index (κ2) is 6.23. The Balaban J connectivity index is 1.74. The Bertz CT molecular complexity index is 599. The maximum absolute atomic E-state index is 5.75. The van der Waals surface area contributed by atoms with Crippen LogP contribution in [0.3, 0.4) is 0 Å². The highest BCUT2D eigenvalue weighted by molar-refractivity contribution is 5.83. The lowest BCUT2D eigenvalue weighted by Crippen LogP contribution is -2.43. The molecule has 0 bridgehead atoms. The molecular formula is C13H21N7O. The van der Waals surface area contributed by atoms with E-state index in [0.717, 1.165) is 37.6 Å². The van der Waals surface area contributed by atoms with Gasteiger partial charge in [0.05, 0.1) is 19.0 Å². The lowest BCUT2D eigenvalue weighted by atomic mass is 10.3. The van der Waals surface area contributed by atoms with Crippen molar-refractivity contribution in [3.8, 4) is 0 Å². The zero-order chi connectivity index (χ0) is 14.7. The maximum atomic E-state index is 5.75. The minimum absolute atomic E-state index is 0.166. The van der Waals surface area contributed by atoms with Crippen molar-refractivity contribution < 1.29 is 4.74 Å². The van der Waals surface area contributed by atoms with E-state index in [1.165, 1.54) is 0 Å². The van der Waals surface area contributed by atoms with Crippen molar-refractivity contribution in [1.82, 2.24) is 24.8 Å². The van der Waals surface area contributed by atoms with Gasteiger partial charge in [-0.2, -0.15) is 9.97 Å². The zero-order valence-corrected chi connectivity index (χ0v) is 12.4. The van der Waals surface area contributed by atoms with Gasteiger partial charge in [0.15, 0.2) is 11.5 Å². The number of ether oxygens (including phenoxy) is 1. The Kier molecular flexibility index (Phi) is 4.16. The number of anilines is 2. The van der Waals surface area contributed by atoms with E-state index in [1.54, 1.807) is 6.33 Å². The third-order valence-electron chi connectivity index (χ3n) is 3.46. The van der Waals surface area contributed by atoms with E-state index in [4.69, 9.17) is 4.74 Å². The lowest BCUT2D eigenvalue weighted by molar-refractivity contribution is -0.0117. The topological polar surface area (TPSA) is 91.0 Å². The fourth-order valence-electron chi connectivity index (χ4n) is 2.40. The average Bonchev–Trinajstić information content (AvgIpc) is 2.93. The van der Waals surface area contributed by atoms with Gasteiger partial charge in [0.2, 0.25) is 5.95 Å². The molecule has 8 heteroatoms. The summed E-state index contributed by atoms with van der Waals surface area (Å²) in [6, 6.07) is 0. The third-order valence-corrected chi connectivity index (χ3v) is 3.46. The molecule has 21 heavy (non-hydrogen) atoms. The number of aromatic nitrogens is 4. The molecule has 3 N–H and O–H groups in total. The Hall–Kier alpha value is -1.93. The number of H-pyrrole nitrogens is 1. The molecule has 1 saturated heterocycles. The molecule has 3 heterocycles. The minimum atomic E-state index is 0.166. The quantitative estimate of drug-likeness (QED) is 0.740.